The topological polar surface area (TPSA) is 78.6 Å². The molecule has 0 unspecified atom stereocenters. The van der Waals surface area contributed by atoms with Crippen LogP contribution >= 0.6 is 0 Å². The number of carbonyl (C=O) groups is 2. The first-order valence-corrected chi connectivity index (χ1v) is 8.30. The Hall–Kier alpha value is -3.41. The van der Waals surface area contributed by atoms with Crippen molar-refractivity contribution in [3.63, 3.8) is 0 Å². The van der Waals surface area contributed by atoms with Gasteiger partial charge in [0.2, 0.25) is 0 Å². The summed E-state index contributed by atoms with van der Waals surface area (Å²) < 4.78 is 15.3. The molecule has 2 aromatic heterocycles. The van der Waals surface area contributed by atoms with Crippen LogP contribution in [0.3, 0.4) is 0 Å². The van der Waals surface area contributed by atoms with Crippen LogP contribution in [0.1, 0.15) is 32.1 Å². The van der Waals surface area contributed by atoms with Crippen LogP contribution in [0.5, 0.6) is 0 Å². The molecule has 27 heavy (non-hydrogen) atoms. The number of hydrogen-bond acceptors (Lipinski definition) is 6. The van der Waals surface area contributed by atoms with Gasteiger partial charge in [0.15, 0.2) is 0 Å². The van der Waals surface area contributed by atoms with Gasteiger partial charge < -0.3 is 13.9 Å². The fourth-order valence-electron chi connectivity index (χ4n) is 3.11. The first-order valence-electron chi connectivity index (χ1n) is 8.30. The molecule has 0 atom stereocenters. The predicted octanol–water partition coefficient (Wildman–Crippen LogP) is 4.20. The van der Waals surface area contributed by atoms with Crippen LogP contribution in [0.15, 0.2) is 47.1 Å². The van der Waals surface area contributed by atoms with Gasteiger partial charge in [0.1, 0.15) is 5.76 Å². The Morgan fingerprint density at radius 2 is 1.48 bits per heavy atom. The molecule has 0 fully saturated rings. The molecular formula is C21H19NO5. The molecule has 0 spiro atoms. The number of pyridine rings is 1. The Labute approximate surface area is 156 Å². The second kappa shape index (κ2) is 7.45. The van der Waals surface area contributed by atoms with Crippen molar-refractivity contribution in [1.29, 1.82) is 0 Å². The smallest absolute Gasteiger partial charge is 0.340 e. The van der Waals surface area contributed by atoms with Crippen molar-refractivity contribution in [3.05, 3.63) is 65.2 Å². The third kappa shape index (κ3) is 3.33. The molecule has 138 valence electrons. The van der Waals surface area contributed by atoms with Crippen molar-refractivity contribution < 1.29 is 23.5 Å². The molecule has 0 aliphatic carbocycles. The lowest BCUT2D eigenvalue weighted by Gasteiger charge is -2.17. The van der Waals surface area contributed by atoms with E-state index in [0.717, 1.165) is 5.56 Å². The van der Waals surface area contributed by atoms with Crippen LogP contribution in [-0.2, 0) is 9.47 Å². The van der Waals surface area contributed by atoms with Crippen LogP contribution in [0, 0.1) is 13.8 Å². The highest BCUT2D eigenvalue weighted by atomic mass is 16.5. The van der Waals surface area contributed by atoms with E-state index in [1.54, 1.807) is 26.2 Å². The first-order chi connectivity index (χ1) is 13.0. The highest BCUT2D eigenvalue weighted by Gasteiger charge is 2.27. The number of benzene rings is 1. The highest BCUT2D eigenvalue weighted by Crippen LogP contribution is 2.34. The molecule has 3 aromatic rings. The largest absolute Gasteiger partial charge is 0.465 e. The predicted molar refractivity (Wildman–Crippen MR) is 99.5 cm³/mol. The van der Waals surface area contributed by atoms with Gasteiger partial charge in [-0.25, -0.2) is 9.59 Å². The zero-order valence-electron chi connectivity index (χ0n) is 15.5. The van der Waals surface area contributed by atoms with Gasteiger partial charge in [-0.05, 0) is 37.6 Å². The van der Waals surface area contributed by atoms with Gasteiger partial charge in [0.05, 0.1) is 43.0 Å². The van der Waals surface area contributed by atoms with Crippen molar-refractivity contribution in [1.82, 2.24) is 4.98 Å². The van der Waals surface area contributed by atoms with E-state index in [0.29, 0.717) is 28.3 Å². The summed E-state index contributed by atoms with van der Waals surface area (Å²) in [6.07, 6.45) is 1.59. The fraction of sp³-hybridized carbons (Fsp3) is 0.190. The minimum absolute atomic E-state index is 0.236. The SMILES string of the molecule is COC(=O)c1c(C)nc(C)c(C(=O)OC)c1-c1cccc(-c2ccco2)c1. The molecule has 1 aromatic carbocycles. The summed E-state index contributed by atoms with van der Waals surface area (Å²) >= 11 is 0. The Kier molecular flexibility index (Phi) is 5.07. The lowest BCUT2D eigenvalue weighted by atomic mass is 9.91. The van der Waals surface area contributed by atoms with Gasteiger partial charge in [-0.3, -0.25) is 4.98 Å². The normalized spacial score (nSPS) is 10.5. The van der Waals surface area contributed by atoms with E-state index in [-0.39, 0.29) is 11.1 Å². The molecule has 0 saturated carbocycles. The third-order valence-corrected chi connectivity index (χ3v) is 4.29. The van der Waals surface area contributed by atoms with Gasteiger partial charge in [-0.1, -0.05) is 18.2 Å². The molecule has 0 N–H and O–H groups in total. The van der Waals surface area contributed by atoms with Gasteiger partial charge in [0, 0.05) is 11.1 Å². The summed E-state index contributed by atoms with van der Waals surface area (Å²) in [5.41, 5.74) is 3.35. The highest BCUT2D eigenvalue weighted by molar-refractivity contribution is 6.07. The van der Waals surface area contributed by atoms with Crippen molar-refractivity contribution in [3.8, 4) is 22.5 Å². The lowest BCUT2D eigenvalue weighted by molar-refractivity contribution is 0.0599. The Bertz CT molecular complexity index is 965. The second-order valence-electron chi connectivity index (χ2n) is 5.95. The number of hydrogen-bond donors (Lipinski definition) is 0. The van der Waals surface area contributed by atoms with Crippen LogP contribution in [0.2, 0.25) is 0 Å². The van der Waals surface area contributed by atoms with Gasteiger partial charge in [-0.2, -0.15) is 0 Å². The minimum Gasteiger partial charge on any atom is -0.465 e. The summed E-state index contributed by atoms with van der Waals surface area (Å²) in [4.78, 5) is 29.3. The number of aromatic nitrogens is 1. The van der Waals surface area contributed by atoms with E-state index < -0.39 is 11.9 Å². The Balaban J connectivity index is 2.35. The Morgan fingerprint density at radius 1 is 0.889 bits per heavy atom. The van der Waals surface area contributed by atoms with Crippen LogP contribution < -0.4 is 0 Å². The van der Waals surface area contributed by atoms with Crippen molar-refractivity contribution in [2.75, 3.05) is 14.2 Å². The lowest BCUT2D eigenvalue weighted by Crippen LogP contribution is -2.16. The van der Waals surface area contributed by atoms with Crippen LogP contribution in [-0.4, -0.2) is 31.1 Å². The van der Waals surface area contributed by atoms with E-state index in [9.17, 15) is 9.59 Å². The van der Waals surface area contributed by atoms with Crippen LogP contribution in [0.4, 0.5) is 0 Å². The Morgan fingerprint density at radius 3 is 2.00 bits per heavy atom. The molecule has 0 amide bonds. The molecule has 6 heteroatoms. The quantitative estimate of drug-likeness (QED) is 0.645. The maximum Gasteiger partial charge on any atom is 0.340 e. The minimum atomic E-state index is -0.566. The van der Waals surface area contributed by atoms with E-state index in [4.69, 9.17) is 13.9 Å². The number of esters is 2. The second-order valence-corrected chi connectivity index (χ2v) is 5.95. The molecule has 2 heterocycles. The molecular weight excluding hydrogens is 346 g/mol. The molecule has 0 aliphatic rings. The summed E-state index contributed by atoms with van der Waals surface area (Å²) in [6.45, 7) is 3.42. The van der Waals surface area contributed by atoms with Gasteiger partial charge >= 0.3 is 11.9 Å². The van der Waals surface area contributed by atoms with Crippen molar-refractivity contribution >= 4 is 11.9 Å². The standard InChI is InChI=1S/C21H19NO5/c1-12-17(20(23)25-3)19(18(13(2)22-12)21(24)26-4)15-8-5-7-14(11-15)16-9-6-10-27-16/h5-11H,1-4H3. The van der Waals surface area contributed by atoms with Gasteiger partial charge in [0.25, 0.3) is 0 Å². The number of carbonyl (C=O) groups excluding carboxylic acids is 2. The molecule has 0 saturated heterocycles. The average molecular weight is 365 g/mol. The molecule has 3 rings (SSSR count). The number of ether oxygens (including phenoxy) is 2. The maximum absolute atomic E-state index is 12.5. The van der Waals surface area contributed by atoms with E-state index in [2.05, 4.69) is 4.98 Å². The molecule has 0 bridgehead atoms. The van der Waals surface area contributed by atoms with E-state index in [1.165, 1.54) is 14.2 Å². The van der Waals surface area contributed by atoms with Gasteiger partial charge in [-0.15, -0.1) is 0 Å². The summed E-state index contributed by atoms with van der Waals surface area (Å²) in [5, 5.41) is 0. The number of rotatable bonds is 4. The molecule has 6 nitrogen and oxygen atoms in total. The third-order valence-electron chi connectivity index (χ3n) is 4.29. The van der Waals surface area contributed by atoms with E-state index in [1.807, 2.05) is 30.3 Å². The van der Waals surface area contributed by atoms with Crippen LogP contribution in [0.25, 0.3) is 22.5 Å². The van der Waals surface area contributed by atoms with Crippen molar-refractivity contribution in [2.24, 2.45) is 0 Å². The molecule has 0 aliphatic heterocycles. The first kappa shape index (κ1) is 18.4. The fourth-order valence-corrected chi connectivity index (χ4v) is 3.11. The maximum atomic E-state index is 12.5. The summed E-state index contributed by atoms with van der Waals surface area (Å²) in [7, 11) is 2.59. The zero-order chi connectivity index (χ0) is 19.6. The number of methoxy groups -OCH3 is 2. The average Bonchev–Trinajstić information content (AvgIpc) is 3.21. The number of furan rings is 1. The molecule has 0 radical (unpaired) electrons. The van der Waals surface area contributed by atoms with Crippen molar-refractivity contribution in [2.45, 2.75) is 13.8 Å². The summed E-state index contributed by atoms with van der Waals surface area (Å²) in [5.74, 6) is -0.453. The number of aryl methyl sites for hydroxylation is 2. The van der Waals surface area contributed by atoms with E-state index >= 15 is 0 Å². The number of nitrogens with zero attached hydrogens (tertiary/aromatic N) is 1. The monoisotopic (exact) mass is 365 g/mol. The zero-order valence-corrected chi connectivity index (χ0v) is 15.5. The summed E-state index contributed by atoms with van der Waals surface area (Å²) in [6, 6.07) is 11.0.